The Kier molecular flexibility index (Phi) is 9.52. The topological polar surface area (TPSA) is 130 Å². The molecule has 214 valence electrons. The number of nitrogens with one attached hydrogen (secondary N) is 3. The largest absolute Gasteiger partial charge is 0.457 e. The van der Waals surface area contributed by atoms with Crippen molar-refractivity contribution in [3.05, 3.63) is 47.8 Å². The summed E-state index contributed by atoms with van der Waals surface area (Å²) < 4.78 is 5.80. The zero-order chi connectivity index (χ0) is 28.8. The average molecular weight is 550 g/mol. The summed E-state index contributed by atoms with van der Waals surface area (Å²) in [6, 6.07) is 5.53. The minimum absolute atomic E-state index is 0.172. The number of fused-ring (bicyclic) bond motifs is 4. The first kappa shape index (κ1) is 29.2. The zero-order valence-electron chi connectivity index (χ0n) is 23.6. The van der Waals surface area contributed by atoms with Crippen LogP contribution in [0.3, 0.4) is 0 Å². The molecule has 10 nitrogen and oxygen atoms in total. The molecule has 10 heteroatoms. The fourth-order valence-corrected chi connectivity index (χ4v) is 4.92. The van der Waals surface area contributed by atoms with E-state index in [2.05, 4.69) is 21.0 Å². The quantitative estimate of drug-likeness (QED) is 0.466. The van der Waals surface area contributed by atoms with Gasteiger partial charge in [0.15, 0.2) is 0 Å². The van der Waals surface area contributed by atoms with E-state index in [9.17, 15) is 19.2 Å². The van der Waals surface area contributed by atoms with Crippen molar-refractivity contribution in [2.75, 3.05) is 6.54 Å². The van der Waals surface area contributed by atoms with Gasteiger partial charge in [-0.3, -0.25) is 29.2 Å². The summed E-state index contributed by atoms with van der Waals surface area (Å²) in [7, 11) is 0. The van der Waals surface area contributed by atoms with Gasteiger partial charge in [0.1, 0.15) is 24.2 Å². The van der Waals surface area contributed by atoms with E-state index < -0.39 is 36.1 Å². The summed E-state index contributed by atoms with van der Waals surface area (Å²) in [5, 5.41) is 8.88. The molecule has 3 amide bonds. The minimum Gasteiger partial charge on any atom is -0.457 e. The fourth-order valence-electron chi connectivity index (χ4n) is 4.92. The number of amides is 3. The van der Waals surface area contributed by atoms with Gasteiger partial charge in [-0.2, -0.15) is 0 Å². The first-order chi connectivity index (χ1) is 19.1. The van der Waals surface area contributed by atoms with Crippen molar-refractivity contribution in [1.82, 2.24) is 26.1 Å². The lowest BCUT2D eigenvalue weighted by molar-refractivity contribution is -0.157. The van der Waals surface area contributed by atoms with Crippen LogP contribution in [0.4, 0.5) is 0 Å². The Morgan fingerprint density at radius 3 is 2.60 bits per heavy atom. The van der Waals surface area contributed by atoms with E-state index in [0.29, 0.717) is 32.2 Å². The Labute approximate surface area is 234 Å². The Bertz CT molecular complexity index is 1290. The number of esters is 1. The van der Waals surface area contributed by atoms with Crippen LogP contribution in [0.2, 0.25) is 0 Å². The molecule has 1 fully saturated rings. The van der Waals surface area contributed by atoms with Gasteiger partial charge < -0.3 is 15.4 Å². The van der Waals surface area contributed by atoms with E-state index in [1.54, 1.807) is 13.1 Å². The van der Waals surface area contributed by atoms with Crippen LogP contribution >= 0.6 is 0 Å². The molecule has 0 spiro atoms. The first-order valence-corrected chi connectivity index (χ1v) is 14.1. The van der Waals surface area contributed by atoms with Gasteiger partial charge in [0, 0.05) is 24.5 Å². The van der Waals surface area contributed by atoms with Gasteiger partial charge >= 0.3 is 5.97 Å². The maximum absolute atomic E-state index is 13.2. The second-order valence-electron chi connectivity index (χ2n) is 10.9. The Hall–Kier alpha value is -3.79. The first-order valence-electron chi connectivity index (χ1n) is 14.1. The minimum atomic E-state index is -0.853. The lowest BCUT2D eigenvalue weighted by Gasteiger charge is -2.35. The predicted octanol–water partition coefficient (Wildman–Crippen LogP) is 3.18. The summed E-state index contributed by atoms with van der Waals surface area (Å²) in [5.74, 6) is -1.62. The average Bonchev–Trinajstić information content (AvgIpc) is 2.94. The number of hydrogen-bond acceptors (Lipinski definition) is 7. The number of aromatic nitrogens is 1. The van der Waals surface area contributed by atoms with Gasteiger partial charge in [0.25, 0.3) is 5.91 Å². The van der Waals surface area contributed by atoms with Crippen LogP contribution in [0.15, 0.2) is 36.5 Å². The van der Waals surface area contributed by atoms with Crippen molar-refractivity contribution in [3.8, 4) is 0 Å². The number of allylic oxidation sites excluding steroid dienone is 1. The lowest BCUT2D eigenvalue weighted by atomic mass is 10.0. The summed E-state index contributed by atoms with van der Waals surface area (Å²) in [5.41, 5.74) is 4.63. The molecule has 3 heterocycles. The fraction of sp³-hybridized carbons (Fsp3) is 0.500. The maximum Gasteiger partial charge on any atom is 0.325 e. The van der Waals surface area contributed by atoms with Crippen molar-refractivity contribution >= 4 is 40.5 Å². The van der Waals surface area contributed by atoms with E-state index in [4.69, 9.17) is 4.74 Å². The van der Waals surface area contributed by atoms with Gasteiger partial charge in [0.2, 0.25) is 11.8 Å². The highest BCUT2D eigenvalue weighted by molar-refractivity contribution is 5.92. The van der Waals surface area contributed by atoms with Gasteiger partial charge in [0.05, 0.1) is 5.69 Å². The third-order valence-electron chi connectivity index (χ3n) is 7.32. The monoisotopic (exact) mass is 549 g/mol. The van der Waals surface area contributed by atoms with Crippen LogP contribution in [-0.2, 0) is 23.9 Å². The molecule has 40 heavy (non-hydrogen) atoms. The second kappa shape index (κ2) is 13.0. The van der Waals surface area contributed by atoms with Crippen molar-refractivity contribution in [2.24, 2.45) is 5.92 Å². The molecule has 1 aromatic carbocycles. The van der Waals surface area contributed by atoms with E-state index in [0.717, 1.165) is 22.0 Å². The highest BCUT2D eigenvalue weighted by Gasteiger charge is 2.33. The smallest absolute Gasteiger partial charge is 0.325 e. The normalized spacial score (nSPS) is 25.7. The molecular weight excluding hydrogens is 510 g/mol. The van der Waals surface area contributed by atoms with E-state index in [1.807, 2.05) is 57.2 Å². The van der Waals surface area contributed by atoms with E-state index in [-0.39, 0.29) is 24.2 Å². The molecule has 2 aromatic rings. The van der Waals surface area contributed by atoms with Crippen LogP contribution in [0.5, 0.6) is 0 Å². The Balaban J connectivity index is 1.58. The summed E-state index contributed by atoms with van der Waals surface area (Å²) in [6.45, 7) is 7.51. The number of pyridine rings is 1. The van der Waals surface area contributed by atoms with Crippen LogP contribution < -0.4 is 16.1 Å². The van der Waals surface area contributed by atoms with Gasteiger partial charge in [-0.05, 0) is 74.6 Å². The highest BCUT2D eigenvalue weighted by atomic mass is 16.5. The molecule has 2 aliphatic heterocycles. The molecule has 5 bridgehead atoms. The third kappa shape index (κ3) is 7.24. The summed E-state index contributed by atoms with van der Waals surface area (Å²) in [6.07, 6.45) is 7.91. The third-order valence-corrected chi connectivity index (χ3v) is 7.32. The SMILES string of the molecule is CC1NC(=O)C(C(C)C)NC(=O)CCCC=Cc2cc3cc(ccc3cn2)C(C)OC(=O)C2CCCN(N2)C1=O. The number of carbonyl (C=O) groups excluding carboxylic acids is 4. The summed E-state index contributed by atoms with van der Waals surface area (Å²) >= 11 is 0. The lowest BCUT2D eigenvalue weighted by Crippen LogP contribution is -2.61. The van der Waals surface area contributed by atoms with E-state index >= 15 is 0 Å². The number of ether oxygens (including phenoxy) is 1. The molecular formula is C30H39N5O5. The van der Waals surface area contributed by atoms with Gasteiger partial charge in [-0.25, -0.2) is 5.43 Å². The molecule has 3 N–H and O–H groups in total. The number of benzene rings is 1. The molecule has 0 radical (unpaired) electrons. The number of hydrazine groups is 1. The van der Waals surface area contributed by atoms with Crippen molar-refractivity contribution in [1.29, 1.82) is 0 Å². The van der Waals surface area contributed by atoms with Crippen LogP contribution in [-0.4, -0.2) is 58.4 Å². The number of cyclic esters (lactones) is 1. The predicted molar refractivity (Wildman–Crippen MR) is 151 cm³/mol. The number of nitrogens with zero attached hydrogens (tertiary/aromatic N) is 2. The number of hydrogen-bond donors (Lipinski definition) is 3. The molecule has 4 rings (SSSR count). The van der Waals surface area contributed by atoms with Crippen LogP contribution in [0.1, 0.15) is 77.2 Å². The number of carbonyl (C=O) groups is 4. The molecule has 4 unspecified atom stereocenters. The van der Waals surface area contributed by atoms with Gasteiger partial charge in [-0.15, -0.1) is 0 Å². The molecule has 2 aliphatic rings. The van der Waals surface area contributed by atoms with Crippen LogP contribution in [0.25, 0.3) is 16.8 Å². The molecule has 1 saturated heterocycles. The van der Waals surface area contributed by atoms with Crippen molar-refractivity contribution < 1.29 is 23.9 Å². The Morgan fingerprint density at radius 2 is 1.82 bits per heavy atom. The van der Waals surface area contributed by atoms with Crippen molar-refractivity contribution in [3.63, 3.8) is 0 Å². The molecule has 0 aliphatic carbocycles. The molecule has 1 aromatic heterocycles. The Morgan fingerprint density at radius 1 is 1.02 bits per heavy atom. The molecule has 4 atom stereocenters. The standard InChI is InChI=1S/C30H39N5O5/c1-18(2)27-28(37)32-19(3)29(38)35-14-8-10-25(34-35)30(39)40-20(4)21-12-13-22-17-31-24(16-23(22)15-21)9-6-5-7-11-26(36)33-27/h6,9,12-13,15-20,25,27,34H,5,7-8,10-11,14H2,1-4H3,(H,32,37)(H,33,36). The van der Waals surface area contributed by atoms with Gasteiger partial charge in [-0.1, -0.05) is 32.1 Å². The molecule has 0 saturated carbocycles. The van der Waals surface area contributed by atoms with Crippen LogP contribution in [0, 0.1) is 5.92 Å². The highest BCUT2D eigenvalue weighted by Crippen LogP contribution is 2.24. The number of rotatable bonds is 1. The van der Waals surface area contributed by atoms with E-state index in [1.165, 1.54) is 5.01 Å². The maximum atomic E-state index is 13.2. The summed E-state index contributed by atoms with van der Waals surface area (Å²) in [4.78, 5) is 56.4. The second-order valence-corrected chi connectivity index (χ2v) is 10.9. The zero-order valence-corrected chi connectivity index (χ0v) is 23.6. The van der Waals surface area contributed by atoms with Crippen molar-refractivity contribution in [2.45, 2.75) is 84.0 Å².